The van der Waals surface area contributed by atoms with Gasteiger partial charge in [0.15, 0.2) is 17.2 Å². The fraction of sp³-hybridized carbons (Fsp3) is 0.300. The van der Waals surface area contributed by atoms with E-state index in [1.165, 1.54) is 0 Å². The van der Waals surface area contributed by atoms with Gasteiger partial charge in [-0.3, -0.25) is 0 Å². The average Bonchev–Trinajstić information content (AvgIpc) is 2.21. The summed E-state index contributed by atoms with van der Waals surface area (Å²) in [5.41, 5.74) is -0.00347. The number of aromatic hydroxyl groups is 3. The van der Waals surface area contributed by atoms with E-state index in [0.717, 1.165) is 12.1 Å². The quantitative estimate of drug-likeness (QED) is 0.438. The van der Waals surface area contributed by atoms with Crippen molar-refractivity contribution in [3.8, 4) is 17.2 Å². The molecule has 5 nitrogen and oxygen atoms in total. The summed E-state index contributed by atoms with van der Waals surface area (Å²) in [5, 5.41) is 27.3. The predicted octanol–water partition coefficient (Wildman–Crippen LogP) is 1.37. The molecule has 0 radical (unpaired) electrons. The van der Waals surface area contributed by atoms with Gasteiger partial charge < -0.3 is 20.1 Å². The van der Waals surface area contributed by atoms with Gasteiger partial charge in [0.1, 0.15) is 0 Å². The van der Waals surface area contributed by atoms with Crippen LogP contribution in [0.3, 0.4) is 0 Å². The summed E-state index contributed by atoms with van der Waals surface area (Å²) in [4.78, 5) is 11.3. The molecule has 0 atom stereocenters. The fourth-order valence-corrected chi connectivity index (χ4v) is 1.00. The molecule has 0 aromatic heterocycles. The van der Waals surface area contributed by atoms with E-state index in [9.17, 15) is 4.79 Å². The number of phenolic OH excluding ortho intramolecular Hbond substituents is 3. The summed E-state index contributed by atoms with van der Waals surface area (Å²) >= 11 is 0. The molecule has 0 aliphatic rings. The Labute approximate surface area is 103 Å². The van der Waals surface area contributed by atoms with Crippen molar-refractivity contribution in [2.75, 3.05) is 6.61 Å². The van der Waals surface area contributed by atoms with Gasteiger partial charge in [-0.15, -0.1) is 0 Å². The molecular formula is C10H12FeO5. The zero-order valence-corrected chi connectivity index (χ0v) is 9.68. The van der Waals surface area contributed by atoms with Crippen molar-refractivity contribution >= 4 is 5.97 Å². The zero-order chi connectivity index (χ0) is 11.4. The maximum atomic E-state index is 11.3. The topological polar surface area (TPSA) is 87.0 Å². The molecule has 0 aliphatic carbocycles. The molecule has 1 aromatic rings. The largest absolute Gasteiger partial charge is 0.504 e. The molecule has 0 amide bonds. The van der Waals surface area contributed by atoms with Crippen LogP contribution in [0.5, 0.6) is 17.2 Å². The van der Waals surface area contributed by atoms with Gasteiger partial charge in [0.05, 0.1) is 12.2 Å². The number of rotatable bonds is 3. The van der Waals surface area contributed by atoms with Crippen molar-refractivity contribution in [3.05, 3.63) is 17.7 Å². The number of carbonyl (C=O) groups is 1. The number of phenols is 3. The van der Waals surface area contributed by atoms with Crippen LogP contribution in [-0.4, -0.2) is 27.9 Å². The number of ether oxygens (including phenoxy) is 1. The van der Waals surface area contributed by atoms with Crippen molar-refractivity contribution in [2.45, 2.75) is 13.3 Å². The number of hydrogen-bond donors (Lipinski definition) is 3. The van der Waals surface area contributed by atoms with Crippen LogP contribution in [0.15, 0.2) is 12.1 Å². The SMILES string of the molecule is CCCOC(=O)c1cc(O)c(O)c(O)c1.[Fe]. The van der Waals surface area contributed by atoms with Crippen LogP contribution in [0.4, 0.5) is 0 Å². The minimum Gasteiger partial charge on any atom is -0.504 e. The Hall–Kier alpha value is -1.39. The molecule has 0 fully saturated rings. The summed E-state index contributed by atoms with van der Waals surface area (Å²) in [7, 11) is 0. The first-order chi connectivity index (χ1) is 7.06. The summed E-state index contributed by atoms with van der Waals surface area (Å²) < 4.78 is 4.78. The van der Waals surface area contributed by atoms with Crippen LogP contribution in [0.2, 0.25) is 0 Å². The van der Waals surface area contributed by atoms with Crippen molar-refractivity contribution < 1.29 is 41.9 Å². The van der Waals surface area contributed by atoms with Gasteiger partial charge in [-0.05, 0) is 18.6 Å². The van der Waals surface area contributed by atoms with Gasteiger partial charge in [0.25, 0.3) is 0 Å². The third-order valence-electron chi connectivity index (χ3n) is 1.74. The van der Waals surface area contributed by atoms with Crippen LogP contribution >= 0.6 is 0 Å². The molecular weight excluding hydrogens is 256 g/mol. The first-order valence-corrected chi connectivity index (χ1v) is 4.48. The summed E-state index contributed by atoms with van der Waals surface area (Å²) in [6.07, 6.45) is 0.682. The van der Waals surface area contributed by atoms with E-state index in [1.54, 1.807) is 0 Å². The molecule has 0 saturated carbocycles. The first-order valence-electron chi connectivity index (χ1n) is 4.48. The van der Waals surface area contributed by atoms with Crippen LogP contribution in [0.25, 0.3) is 0 Å². The van der Waals surface area contributed by atoms with E-state index in [0.29, 0.717) is 6.42 Å². The molecule has 1 rings (SSSR count). The second-order valence-electron chi connectivity index (χ2n) is 3.00. The van der Waals surface area contributed by atoms with Gasteiger partial charge in [0.2, 0.25) is 0 Å². The van der Waals surface area contributed by atoms with E-state index >= 15 is 0 Å². The number of esters is 1. The third kappa shape index (κ3) is 3.32. The van der Waals surface area contributed by atoms with Crippen LogP contribution in [-0.2, 0) is 21.8 Å². The van der Waals surface area contributed by atoms with Crippen molar-refractivity contribution in [1.29, 1.82) is 0 Å². The second-order valence-corrected chi connectivity index (χ2v) is 3.00. The summed E-state index contributed by atoms with van der Waals surface area (Å²) in [6.45, 7) is 2.11. The van der Waals surface area contributed by atoms with Gasteiger partial charge in [-0.25, -0.2) is 4.79 Å². The van der Waals surface area contributed by atoms with E-state index < -0.39 is 23.2 Å². The summed E-state index contributed by atoms with van der Waals surface area (Å²) in [5.74, 6) is -2.42. The normalized spacial score (nSPS) is 9.31. The minimum atomic E-state index is -0.651. The monoisotopic (exact) mass is 268 g/mol. The third-order valence-corrected chi connectivity index (χ3v) is 1.74. The predicted molar refractivity (Wildman–Crippen MR) is 52.0 cm³/mol. The molecule has 0 spiro atoms. The molecule has 0 saturated heterocycles. The Morgan fingerprint density at radius 3 is 2.19 bits per heavy atom. The Bertz CT molecular complexity index is 354. The number of benzene rings is 1. The average molecular weight is 268 g/mol. The van der Waals surface area contributed by atoms with Gasteiger partial charge in [-0.1, -0.05) is 6.92 Å². The van der Waals surface area contributed by atoms with E-state index in [2.05, 4.69) is 0 Å². The molecule has 90 valence electrons. The molecule has 0 bridgehead atoms. The zero-order valence-electron chi connectivity index (χ0n) is 8.58. The fourth-order valence-electron chi connectivity index (χ4n) is 1.00. The number of carbonyl (C=O) groups excluding carboxylic acids is 1. The van der Waals surface area contributed by atoms with E-state index in [4.69, 9.17) is 20.1 Å². The first kappa shape index (κ1) is 14.6. The Morgan fingerprint density at radius 1 is 1.25 bits per heavy atom. The Morgan fingerprint density at radius 2 is 1.75 bits per heavy atom. The molecule has 3 N–H and O–H groups in total. The van der Waals surface area contributed by atoms with Crippen LogP contribution in [0.1, 0.15) is 23.7 Å². The van der Waals surface area contributed by atoms with Crippen LogP contribution in [0, 0.1) is 0 Å². The molecule has 0 aliphatic heterocycles. The van der Waals surface area contributed by atoms with Crippen molar-refractivity contribution in [2.24, 2.45) is 0 Å². The van der Waals surface area contributed by atoms with Gasteiger partial charge in [-0.2, -0.15) is 0 Å². The standard InChI is InChI=1S/C10H12O5.Fe/c1-2-3-15-10(14)6-4-7(11)9(13)8(12)5-6;/h4-5,11-13H,2-3H2,1H3;. The second kappa shape index (κ2) is 6.25. The molecule has 16 heavy (non-hydrogen) atoms. The Balaban J connectivity index is 0.00000225. The van der Waals surface area contributed by atoms with Crippen molar-refractivity contribution in [1.82, 2.24) is 0 Å². The maximum absolute atomic E-state index is 11.3. The van der Waals surface area contributed by atoms with Crippen molar-refractivity contribution in [3.63, 3.8) is 0 Å². The Kier molecular flexibility index (Phi) is 5.71. The number of hydrogen-bond acceptors (Lipinski definition) is 5. The molecule has 0 unspecified atom stereocenters. The smallest absolute Gasteiger partial charge is 0.338 e. The molecule has 1 aromatic carbocycles. The summed E-state index contributed by atoms with van der Waals surface area (Å²) in [6, 6.07) is 2.07. The molecule has 0 heterocycles. The molecule has 6 heteroatoms. The minimum absolute atomic E-state index is 0. The maximum Gasteiger partial charge on any atom is 0.338 e. The van der Waals surface area contributed by atoms with Gasteiger partial charge in [0, 0.05) is 17.1 Å². The van der Waals surface area contributed by atoms with E-state index in [1.807, 2.05) is 6.92 Å². The van der Waals surface area contributed by atoms with E-state index in [-0.39, 0.29) is 29.2 Å². The van der Waals surface area contributed by atoms with Crippen LogP contribution < -0.4 is 0 Å². The van der Waals surface area contributed by atoms with Gasteiger partial charge >= 0.3 is 5.97 Å².